The van der Waals surface area contributed by atoms with E-state index >= 15 is 0 Å². The normalized spacial score (nSPS) is 36.3. The Hall–Kier alpha value is -1.78. The Kier molecular flexibility index (Phi) is 4.29. The third-order valence-electron chi connectivity index (χ3n) is 7.53. The standard InChI is InChI=1S/C22H30N2O3/c25-20(12-22-9-14-6-15(10-22)8-16(7-14)11-22)23-13-21(26)24-18-2-1-3-19-17(18)4-5-27-19/h4-5,14-16,18H,1-3,6-13H2,(H,23,25)(H,24,26). The summed E-state index contributed by atoms with van der Waals surface area (Å²) < 4.78 is 5.48. The Morgan fingerprint density at radius 2 is 1.78 bits per heavy atom. The van der Waals surface area contributed by atoms with Crippen LogP contribution in [0.1, 0.15) is 75.2 Å². The van der Waals surface area contributed by atoms with E-state index in [1.165, 1.54) is 38.5 Å². The number of fused-ring (bicyclic) bond motifs is 1. The minimum atomic E-state index is -0.104. The molecule has 1 unspecified atom stereocenters. The third-order valence-corrected chi connectivity index (χ3v) is 7.53. The van der Waals surface area contributed by atoms with Gasteiger partial charge in [0.25, 0.3) is 0 Å². The van der Waals surface area contributed by atoms with Crippen LogP contribution in [0, 0.1) is 23.2 Å². The van der Waals surface area contributed by atoms with Gasteiger partial charge in [0, 0.05) is 18.4 Å². The van der Waals surface area contributed by atoms with Crippen LogP contribution < -0.4 is 10.6 Å². The number of amides is 2. The molecule has 0 aromatic carbocycles. The number of nitrogens with one attached hydrogen (secondary N) is 2. The predicted molar refractivity (Wildman–Crippen MR) is 101 cm³/mol. The molecule has 4 fully saturated rings. The molecule has 1 heterocycles. The molecule has 2 N–H and O–H groups in total. The van der Waals surface area contributed by atoms with Gasteiger partial charge in [0.1, 0.15) is 5.76 Å². The maximum atomic E-state index is 12.6. The van der Waals surface area contributed by atoms with Crippen molar-refractivity contribution in [3.8, 4) is 0 Å². The van der Waals surface area contributed by atoms with Gasteiger partial charge in [0.15, 0.2) is 0 Å². The summed E-state index contributed by atoms with van der Waals surface area (Å²) in [7, 11) is 0. The first kappa shape index (κ1) is 17.3. The van der Waals surface area contributed by atoms with E-state index in [9.17, 15) is 9.59 Å². The lowest BCUT2D eigenvalue weighted by Crippen LogP contribution is -2.48. The minimum absolute atomic E-state index is 0.0139. The van der Waals surface area contributed by atoms with Gasteiger partial charge in [-0.2, -0.15) is 0 Å². The number of hydrogen-bond acceptors (Lipinski definition) is 3. The van der Waals surface area contributed by atoms with Crippen molar-refractivity contribution < 1.29 is 14.0 Å². The number of carbonyl (C=O) groups is 2. The van der Waals surface area contributed by atoms with Gasteiger partial charge in [-0.1, -0.05) is 0 Å². The molecule has 0 saturated heterocycles. The molecule has 4 bridgehead atoms. The van der Waals surface area contributed by atoms with Crippen molar-refractivity contribution >= 4 is 11.8 Å². The first-order valence-electron chi connectivity index (χ1n) is 10.7. The van der Waals surface area contributed by atoms with E-state index in [-0.39, 0.29) is 29.8 Å². The van der Waals surface area contributed by atoms with Crippen molar-refractivity contribution in [1.82, 2.24) is 10.6 Å². The molecular formula is C22H30N2O3. The van der Waals surface area contributed by atoms with E-state index in [2.05, 4.69) is 10.6 Å². The number of aryl methyl sites for hydroxylation is 1. The highest BCUT2D eigenvalue weighted by molar-refractivity contribution is 5.85. The molecule has 0 spiro atoms. The molecule has 27 heavy (non-hydrogen) atoms. The van der Waals surface area contributed by atoms with Crippen LogP contribution in [0.3, 0.4) is 0 Å². The summed E-state index contributed by atoms with van der Waals surface area (Å²) in [6.07, 6.45) is 13.0. The maximum absolute atomic E-state index is 12.6. The van der Waals surface area contributed by atoms with Gasteiger partial charge < -0.3 is 15.1 Å². The van der Waals surface area contributed by atoms with Crippen molar-refractivity contribution in [3.63, 3.8) is 0 Å². The van der Waals surface area contributed by atoms with Crippen LogP contribution in [0.25, 0.3) is 0 Å². The highest BCUT2D eigenvalue weighted by Gasteiger charge is 2.51. The summed E-state index contributed by atoms with van der Waals surface area (Å²) in [6.45, 7) is 0.0783. The Labute approximate surface area is 160 Å². The van der Waals surface area contributed by atoms with Crippen molar-refractivity contribution in [2.75, 3.05) is 6.54 Å². The quantitative estimate of drug-likeness (QED) is 0.833. The number of hydrogen-bond donors (Lipinski definition) is 2. The van der Waals surface area contributed by atoms with E-state index < -0.39 is 0 Å². The summed E-state index contributed by atoms with van der Waals surface area (Å²) in [5, 5.41) is 5.95. The van der Waals surface area contributed by atoms with Gasteiger partial charge in [0.05, 0.1) is 18.8 Å². The number of furan rings is 1. The molecule has 5 aliphatic rings. The fourth-order valence-electron chi connectivity index (χ4n) is 6.97. The summed E-state index contributed by atoms with van der Waals surface area (Å²) in [6, 6.07) is 1.96. The fourth-order valence-corrected chi connectivity index (χ4v) is 6.97. The average molecular weight is 370 g/mol. The molecule has 1 aromatic heterocycles. The highest BCUT2D eigenvalue weighted by atomic mass is 16.3. The molecule has 5 nitrogen and oxygen atoms in total. The minimum Gasteiger partial charge on any atom is -0.469 e. The number of rotatable bonds is 5. The van der Waals surface area contributed by atoms with Crippen LogP contribution >= 0.6 is 0 Å². The lowest BCUT2D eigenvalue weighted by atomic mass is 9.49. The SMILES string of the molecule is O=C(CC12CC3CC(CC(C3)C1)C2)NCC(=O)NC1CCCc2occc21. The van der Waals surface area contributed by atoms with Crippen LogP contribution in [0.2, 0.25) is 0 Å². The van der Waals surface area contributed by atoms with E-state index in [0.29, 0.717) is 6.42 Å². The van der Waals surface area contributed by atoms with Gasteiger partial charge in [0.2, 0.25) is 11.8 Å². The summed E-state index contributed by atoms with van der Waals surface area (Å²) in [5.74, 6) is 3.48. The molecule has 1 atom stereocenters. The van der Waals surface area contributed by atoms with Crippen molar-refractivity contribution in [3.05, 3.63) is 23.7 Å². The highest BCUT2D eigenvalue weighted by Crippen LogP contribution is 2.61. The van der Waals surface area contributed by atoms with Gasteiger partial charge in [-0.15, -0.1) is 0 Å². The second-order valence-corrected chi connectivity index (χ2v) is 9.68. The zero-order valence-electron chi connectivity index (χ0n) is 16.0. The van der Waals surface area contributed by atoms with Gasteiger partial charge in [-0.3, -0.25) is 9.59 Å². The van der Waals surface area contributed by atoms with Crippen LogP contribution in [-0.4, -0.2) is 18.4 Å². The van der Waals surface area contributed by atoms with Crippen molar-refractivity contribution in [2.45, 2.75) is 70.3 Å². The monoisotopic (exact) mass is 370 g/mol. The molecule has 5 aliphatic carbocycles. The smallest absolute Gasteiger partial charge is 0.239 e. The van der Waals surface area contributed by atoms with Crippen LogP contribution in [0.5, 0.6) is 0 Å². The largest absolute Gasteiger partial charge is 0.469 e. The zero-order chi connectivity index (χ0) is 18.4. The first-order chi connectivity index (χ1) is 13.1. The second-order valence-electron chi connectivity index (χ2n) is 9.68. The molecule has 0 radical (unpaired) electrons. The van der Waals surface area contributed by atoms with E-state index in [1.54, 1.807) is 6.26 Å². The molecule has 0 aliphatic heterocycles. The van der Waals surface area contributed by atoms with Gasteiger partial charge in [-0.25, -0.2) is 0 Å². The van der Waals surface area contributed by atoms with E-state index in [4.69, 9.17) is 4.42 Å². The molecule has 4 saturated carbocycles. The Balaban J connectivity index is 1.12. The molecule has 5 heteroatoms. The summed E-state index contributed by atoms with van der Waals surface area (Å²) in [5.41, 5.74) is 1.32. The average Bonchev–Trinajstić information content (AvgIpc) is 3.08. The maximum Gasteiger partial charge on any atom is 0.239 e. The first-order valence-corrected chi connectivity index (χ1v) is 10.7. The molecule has 146 valence electrons. The van der Waals surface area contributed by atoms with E-state index in [1.807, 2.05) is 6.07 Å². The van der Waals surface area contributed by atoms with Gasteiger partial charge >= 0.3 is 0 Å². The molecule has 6 rings (SSSR count). The summed E-state index contributed by atoms with van der Waals surface area (Å²) >= 11 is 0. The van der Waals surface area contributed by atoms with Crippen molar-refractivity contribution in [1.29, 1.82) is 0 Å². The topological polar surface area (TPSA) is 71.3 Å². The lowest BCUT2D eigenvalue weighted by Gasteiger charge is -2.56. The molecular weight excluding hydrogens is 340 g/mol. The Bertz CT molecular complexity index is 702. The fraction of sp³-hybridized carbons (Fsp3) is 0.727. The van der Waals surface area contributed by atoms with Crippen LogP contribution in [0.4, 0.5) is 0 Å². The molecule has 2 amide bonds. The van der Waals surface area contributed by atoms with E-state index in [0.717, 1.165) is 48.3 Å². The zero-order valence-corrected chi connectivity index (χ0v) is 16.0. The molecule has 1 aromatic rings. The van der Waals surface area contributed by atoms with Crippen LogP contribution in [0.15, 0.2) is 16.7 Å². The van der Waals surface area contributed by atoms with Gasteiger partial charge in [-0.05, 0) is 80.6 Å². The third kappa shape index (κ3) is 3.41. The second kappa shape index (κ2) is 6.68. The Morgan fingerprint density at radius 1 is 1.07 bits per heavy atom. The Morgan fingerprint density at radius 3 is 2.48 bits per heavy atom. The van der Waals surface area contributed by atoms with Crippen LogP contribution in [-0.2, 0) is 16.0 Å². The predicted octanol–water partition coefficient (Wildman–Crippen LogP) is 3.50. The lowest BCUT2D eigenvalue weighted by molar-refractivity contribution is -0.132. The summed E-state index contributed by atoms with van der Waals surface area (Å²) in [4.78, 5) is 24.9. The number of carbonyl (C=O) groups excluding carboxylic acids is 2. The van der Waals surface area contributed by atoms with Crippen molar-refractivity contribution in [2.24, 2.45) is 23.2 Å².